The fraction of sp³-hybridized carbons (Fsp3) is 0.300. The number of aromatic amines is 2. The molecule has 0 bridgehead atoms. The van der Waals surface area contributed by atoms with E-state index in [1.54, 1.807) is 0 Å². The van der Waals surface area contributed by atoms with Gasteiger partial charge < -0.3 is 15.3 Å². The highest BCUT2D eigenvalue weighted by atomic mass is 15.0. The lowest BCUT2D eigenvalue weighted by Gasteiger charge is -2.24. The van der Waals surface area contributed by atoms with E-state index < -0.39 is 0 Å². The van der Waals surface area contributed by atoms with Gasteiger partial charge >= 0.3 is 0 Å². The summed E-state index contributed by atoms with van der Waals surface area (Å²) in [5.74, 6) is 1.67. The van der Waals surface area contributed by atoms with Crippen molar-refractivity contribution < 1.29 is 0 Å². The molecule has 2 aromatic rings. The molecule has 0 spiro atoms. The predicted molar refractivity (Wildman–Crippen MR) is 54.0 cm³/mol. The summed E-state index contributed by atoms with van der Waals surface area (Å²) in [6.07, 6.45) is 5.79. The lowest BCUT2D eigenvalue weighted by atomic mass is 10.0. The van der Waals surface area contributed by atoms with Crippen molar-refractivity contribution in [1.29, 1.82) is 0 Å². The van der Waals surface area contributed by atoms with Crippen LogP contribution in [0.1, 0.15) is 11.7 Å². The summed E-state index contributed by atoms with van der Waals surface area (Å²) in [5.41, 5.74) is 2.25. The van der Waals surface area contributed by atoms with Crippen LogP contribution in [0.5, 0.6) is 0 Å². The molecule has 1 aliphatic rings. The molecule has 3 rings (SSSR count). The summed E-state index contributed by atoms with van der Waals surface area (Å²) >= 11 is 0. The van der Waals surface area contributed by atoms with E-state index >= 15 is 0 Å². The molecule has 0 saturated carbocycles. The second-order valence-corrected chi connectivity index (χ2v) is 3.64. The molecule has 3 heterocycles. The molecule has 0 unspecified atom stereocenters. The van der Waals surface area contributed by atoms with E-state index in [1.165, 1.54) is 0 Å². The van der Waals surface area contributed by atoms with Gasteiger partial charge in [0.2, 0.25) is 0 Å². The van der Waals surface area contributed by atoms with E-state index in [0.717, 1.165) is 30.2 Å². The summed E-state index contributed by atoms with van der Waals surface area (Å²) in [6, 6.07) is 2.04. The first-order valence-corrected chi connectivity index (χ1v) is 4.82. The topological polar surface area (TPSA) is 56.5 Å². The molecule has 4 heteroatoms. The van der Waals surface area contributed by atoms with Gasteiger partial charge in [0.1, 0.15) is 5.82 Å². The van der Waals surface area contributed by atoms with Gasteiger partial charge in [-0.2, -0.15) is 0 Å². The zero-order chi connectivity index (χ0) is 9.38. The maximum atomic E-state index is 4.38. The van der Waals surface area contributed by atoms with Crippen LogP contribution in [0.2, 0.25) is 0 Å². The van der Waals surface area contributed by atoms with Crippen molar-refractivity contribution in [2.45, 2.75) is 5.92 Å². The van der Waals surface area contributed by atoms with Gasteiger partial charge in [-0.3, -0.25) is 0 Å². The molecule has 0 aromatic carbocycles. The van der Waals surface area contributed by atoms with E-state index in [1.807, 2.05) is 24.7 Å². The third kappa shape index (κ3) is 1.15. The van der Waals surface area contributed by atoms with Gasteiger partial charge in [-0.25, -0.2) is 4.98 Å². The number of aromatic nitrogens is 3. The Hall–Kier alpha value is -1.55. The van der Waals surface area contributed by atoms with Crippen LogP contribution in [0.3, 0.4) is 0 Å². The van der Waals surface area contributed by atoms with E-state index in [-0.39, 0.29) is 0 Å². The van der Waals surface area contributed by atoms with Crippen LogP contribution in [0.4, 0.5) is 0 Å². The Kier molecular flexibility index (Phi) is 1.67. The Morgan fingerprint density at radius 2 is 2.29 bits per heavy atom. The first kappa shape index (κ1) is 7.82. The molecular weight excluding hydrogens is 176 g/mol. The smallest absolute Gasteiger partial charge is 0.112 e. The molecule has 3 N–H and O–H groups in total. The minimum atomic E-state index is 0.572. The average Bonchev–Trinajstić information content (AvgIpc) is 2.65. The molecule has 1 fully saturated rings. The Balaban J connectivity index is 1.90. The first-order valence-electron chi connectivity index (χ1n) is 4.82. The lowest BCUT2D eigenvalue weighted by molar-refractivity contribution is 0.433. The van der Waals surface area contributed by atoms with Gasteiger partial charge in [-0.05, 0) is 6.07 Å². The Morgan fingerprint density at radius 3 is 2.93 bits per heavy atom. The van der Waals surface area contributed by atoms with Crippen molar-refractivity contribution >= 4 is 0 Å². The summed E-state index contributed by atoms with van der Waals surface area (Å²) in [5, 5.41) is 3.24. The maximum Gasteiger partial charge on any atom is 0.112 e. The molecule has 14 heavy (non-hydrogen) atoms. The van der Waals surface area contributed by atoms with Crippen LogP contribution in [0.15, 0.2) is 24.7 Å². The number of hydrogen-bond acceptors (Lipinski definition) is 2. The third-order valence-electron chi connectivity index (χ3n) is 2.67. The molecule has 2 aromatic heterocycles. The average molecular weight is 188 g/mol. The van der Waals surface area contributed by atoms with Crippen molar-refractivity contribution in [3.05, 3.63) is 30.5 Å². The quantitative estimate of drug-likeness (QED) is 0.660. The maximum absolute atomic E-state index is 4.38. The predicted octanol–water partition coefficient (Wildman–Crippen LogP) is 1.09. The summed E-state index contributed by atoms with van der Waals surface area (Å²) in [4.78, 5) is 10.8. The minimum absolute atomic E-state index is 0.572. The van der Waals surface area contributed by atoms with Gasteiger partial charge in [-0.1, -0.05) is 0 Å². The van der Waals surface area contributed by atoms with E-state index in [4.69, 9.17) is 0 Å². The second kappa shape index (κ2) is 2.99. The standard InChI is InChI=1S/C10H12N4/c1-2-11-3-7(1)9-6-13-10(14-9)8-4-12-5-8/h1-3,6,8,11-12H,4-5H2,(H,13,14). The van der Waals surface area contributed by atoms with Crippen molar-refractivity contribution in [2.24, 2.45) is 0 Å². The molecule has 0 amide bonds. The van der Waals surface area contributed by atoms with E-state index in [9.17, 15) is 0 Å². The zero-order valence-electron chi connectivity index (χ0n) is 7.75. The summed E-state index contributed by atoms with van der Waals surface area (Å²) in [6.45, 7) is 2.08. The van der Waals surface area contributed by atoms with Gasteiger partial charge in [0.05, 0.1) is 11.9 Å². The molecule has 1 saturated heterocycles. The van der Waals surface area contributed by atoms with Crippen LogP contribution in [0.25, 0.3) is 11.3 Å². The number of imidazole rings is 1. The highest BCUT2D eigenvalue weighted by Gasteiger charge is 2.21. The fourth-order valence-electron chi connectivity index (χ4n) is 1.66. The van der Waals surface area contributed by atoms with Gasteiger partial charge in [-0.15, -0.1) is 0 Å². The monoisotopic (exact) mass is 188 g/mol. The van der Waals surface area contributed by atoms with Crippen LogP contribution in [-0.2, 0) is 0 Å². The number of hydrogen-bond donors (Lipinski definition) is 3. The minimum Gasteiger partial charge on any atom is -0.367 e. The Morgan fingerprint density at radius 1 is 1.36 bits per heavy atom. The molecule has 0 atom stereocenters. The molecule has 0 aliphatic carbocycles. The van der Waals surface area contributed by atoms with Crippen LogP contribution < -0.4 is 5.32 Å². The van der Waals surface area contributed by atoms with E-state index in [0.29, 0.717) is 5.92 Å². The normalized spacial score (nSPS) is 16.9. The Labute approximate surface area is 81.8 Å². The van der Waals surface area contributed by atoms with Gasteiger partial charge in [0.25, 0.3) is 0 Å². The van der Waals surface area contributed by atoms with E-state index in [2.05, 4.69) is 20.3 Å². The van der Waals surface area contributed by atoms with Crippen molar-refractivity contribution in [3.8, 4) is 11.3 Å². The van der Waals surface area contributed by atoms with Crippen LogP contribution >= 0.6 is 0 Å². The van der Waals surface area contributed by atoms with Crippen molar-refractivity contribution in [3.63, 3.8) is 0 Å². The Bertz CT molecular complexity index is 411. The highest BCUT2D eigenvalue weighted by molar-refractivity contribution is 5.57. The largest absolute Gasteiger partial charge is 0.367 e. The van der Waals surface area contributed by atoms with Crippen molar-refractivity contribution in [2.75, 3.05) is 13.1 Å². The molecule has 4 nitrogen and oxygen atoms in total. The number of rotatable bonds is 2. The summed E-state index contributed by atoms with van der Waals surface area (Å²) < 4.78 is 0. The fourth-order valence-corrected chi connectivity index (χ4v) is 1.66. The van der Waals surface area contributed by atoms with Crippen LogP contribution in [0, 0.1) is 0 Å². The number of nitrogens with one attached hydrogen (secondary N) is 3. The zero-order valence-corrected chi connectivity index (χ0v) is 7.75. The van der Waals surface area contributed by atoms with Crippen molar-refractivity contribution in [1.82, 2.24) is 20.3 Å². The van der Waals surface area contributed by atoms with Gasteiger partial charge in [0, 0.05) is 37.0 Å². The van der Waals surface area contributed by atoms with Gasteiger partial charge in [0.15, 0.2) is 0 Å². The number of H-pyrrole nitrogens is 2. The molecule has 0 radical (unpaired) electrons. The first-order chi connectivity index (χ1) is 6.93. The molecular formula is C10H12N4. The highest BCUT2D eigenvalue weighted by Crippen LogP contribution is 2.21. The molecule has 72 valence electrons. The lowest BCUT2D eigenvalue weighted by Crippen LogP contribution is -2.40. The third-order valence-corrected chi connectivity index (χ3v) is 2.67. The van der Waals surface area contributed by atoms with Crippen LogP contribution in [-0.4, -0.2) is 28.0 Å². The SMILES string of the molecule is c1cc(-c2cnc(C3CNC3)[nH]2)c[nH]1. The summed E-state index contributed by atoms with van der Waals surface area (Å²) in [7, 11) is 0. The number of nitrogens with zero attached hydrogens (tertiary/aromatic N) is 1. The second-order valence-electron chi connectivity index (χ2n) is 3.64. The molecule has 1 aliphatic heterocycles.